The van der Waals surface area contributed by atoms with Gasteiger partial charge in [-0.1, -0.05) is 11.8 Å². The Morgan fingerprint density at radius 3 is 2.71 bits per heavy atom. The van der Waals surface area contributed by atoms with Crippen LogP contribution in [0.3, 0.4) is 0 Å². The van der Waals surface area contributed by atoms with E-state index in [2.05, 4.69) is 39.4 Å². The molecule has 0 aliphatic heterocycles. The van der Waals surface area contributed by atoms with Gasteiger partial charge in [-0.25, -0.2) is 9.97 Å². The van der Waals surface area contributed by atoms with E-state index in [1.807, 2.05) is 11.6 Å². The molecule has 0 spiro atoms. The van der Waals surface area contributed by atoms with Crippen molar-refractivity contribution in [2.75, 3.05) is 25.9 Å². The summed E-state index contributed by atoms with van der Waals surface area (Å²) in [4.78, 5) is 14.4. The number of rotatable bonds is 8. The maximum atomic E-state index is 4.55. The first kappa shape index (κ1) is 21.7. The maximum absolute atomic E-state index is 4.55. The Hall–Kier alpha value is -0.390. The van der Waals surface area contributed by atoms with E-state index in [-0.39, 0.29) is 24.0 Å². The second-order valence-corrected chi connectivity index (χ2v) is 8.45. The molecule has 2 heterocycles. The van der Waals surface area contributed by atoms with Crippen molar-refractivity contribution >= 4 is 64.4 Å². The van der Waals surface area contributed by atoms with Crippen LogP contribution in [0.25, 0.3) is 0 Å². The van der Waals surface area contributed by atoms with Crippen LogP contribution in [0.5, 0.6) is 0 Å². The zero-order chi connectivity index (χ0) is 16.5. The lowest BCUT2D eigenvalue weighted by Gasteiger charge is -2.10. The molecule has 0 aliphatic carbocycles. The highest BCUT2D eigenvalue weighted by Gasteiger charge is 2.04. The number of guanidine groups is 1. The van der Waals surface area contributed by atoms with Gasteiger partial charge < -0.3 is 10.6 Å². The summed E-state index contributed by atoms with van der Waals surface area (Å²) in [6, 6.07) is 0. The molecular weight excluding hydrogens is 473 g/mol. The molecule has 0 fully saturated rings. The molecule has 2 aromatic heterocycles. The van der Waals surface area contributed by atoms with Crippen molar-refractivity contribution in [3.05, 3.63) is 27.2 Å². The summed E-state index contributed by atoms with van der Waals surface area (Å²) in [5.41, 5.74) is 1.14. The minimum atomic E-state index is 0. The largest absolute Gasteiger partial charge is 0.356 e. The fourth-order valence-electron chi connectivity index (χ4n) is 1.87. The fraction of sp³-hybridized carbons (Fsp3) is 0.533. The molecule has 0 amide bonds. The minimum absolute atomic E-state index is 0. The summed E-state index contributed by atoms with van der Waals surface area (Å²) in [6.45, 7) is 5.94. The molecule has 2 aromatic rings. The maximum Gasteiger partial charge on any atom is 0.190 e. The molecular formula is C15H24IN5S3. The summed E-state index contributed by atoms with van der Waals surface area (Å²) >= 11 is 5.28. The summed E-state index contributed by atoms with van der Waals surface area (Å²) in [5.74, 6) is 1.92. The second kappa shape index (κ2) is 12.0. The minimum Gasteiger partial charge on any atom is -0.356 e. The van der Waals surface area contributed by atoms with E-state index in [1.165, 1.54) is 9.88 Å². The molecule has 0 bridgehead atoms. The number of hydrogen-bond acceptors (Lipinski definition) is 6. The number of hydrogen-bond donors (Lipinski definition) is 2. The molecule has 0 unspecified atom stereocenters. The molecule has 24 heavy (non-hydrogen) atoms. The second-order valence-electron chi connectivity index (χ2n) is 4.92. The van der Waals surface area contributed by atoms with E-state index < -0.39 is 0 Å². The van der Waals surface area contributed by atoms with Crippen molar-refractivity contribution in [3.8, 4) is 0 Å². The van der Waals surface area contributed by atoms with Crippen molar-refractivity contribution in [2.24, 2.45) is 4.99 Å². The van der Waals surface area contributed by atoms with Gasteiger partial charge in [-0.3, -0.25) is 4.99 Å². The Morgan fingerprint density at radius 2 is 2.08 bits per heavy atom. The van der Waals surface area contributed by atoms with Gasteiger partial charge in [0.05, 0.1) is 10.7 Å². The zero-order valence-electron chi connectivity index (χ0n) is 14.2. The van der Waals surface area contributed by atoms with Crippen molar-refractivity contribution in [1.82, 2.24) is 20.6 Å². The van der Waals surface area contributed by atoms with Gasteiger partial charge in [0, 0.05) is 48.8 Å². The molecule has 0 aromatic carbocycles. The number of nitrogens with one attached hydrogen (secondary N) is 2. The lowest BCUT2D eigenvalue weighted by atomic mass is 10.4. The number of halogens is 1. The van der Waals surface area contributed by atoms with Gasteiger partial charge in [-0.15, -0.1) is 46.7 Å². The first-order valence-corrected chi connectivity index (χ1v) is 10.3. The SMILES string of the molecule is CN=C(NCCCSc1nccs1)NCCc1nc(C)c(C)s1.I. The Kier molecular flexibility index (Phi) is 10.9. The third-order valence-corrected chi connectivity index (χ3v) is 6.36. The number of thiazole rings is 2. The topological polar surface area (TPSA) is 62.2 Å². The molecule has 0 aliphatic rings. The summed E-state index contributed by atoms with van der Waals surface area (Å²) < 4.78 is 1.14. The van der Waals surface area contributed by atoms with Crippen LogP contribution in [-0.2, 0) is 6.42 Å². The smallest absolute Gasteiger partial charge is 0.190 e. The number of aromatic nitrogens is 2. The van der Waals surface area contributed by atoms with Crippen LogP contribution in [0.15, 0.2) is 20.9 Å². The number of aryl methyl sites for hydroxylation is 2. The first-order valence-electron chi connectivity index (χ1n) is 7.58. The standard InChI is InChI=1S/C15H23N5S3.HI/c1-11-12(2)23-13(20-11)5-7-18-14(16-3)17-6-4-9-21-15-19-8-10-22-15;/h8,10H,4-7,9H2,1-3H3,(H2,16,17,18);1H. The van der Waals surface area contributed by atoms with Crippen molar-refractivity contribution in [3.63, 3.8) is 0 Å². The molecule has 134 valence electrons. The summed E-state index contributed by atoms with van der Waals surface area (Å²) in [5, 5.41) is 9.88. The van der Waals surface area contributed by atoms with Gasteiger partial charge >= 0.3 is 0 Å². The quantitative estimate of drug-likeness (QED) is 0.191. The van der Waals surface area contributed by atoms with Crippen LogP contribution >= 0.6 is 58.4 Å². The highest BCUT2D eigenvalue weighted by atomic mass is 127. The Balaban J connectivity index is 0.00000288. The van der Waals surface area contributed by atoms with Gasteiger partial charge in [0.15, 0.2) is 5.96 Å². The van der Waals surface area contributed by atoms with Gasteiger partial charge in [0.25, 0.3) is 0 Å². The third kappa shape index (κ3) is 7.66. The van der Waals surface area contributed by atoms with Crippen LogP contribution in [-0.4, -0.2) is 41.8 Å². The van der Waals surface area contributed by atoms with E-state index in [1.54, 1.807) is 41.5 Å². The number of nitrogens with zero attached hydrogens (tertiary/aromatic N) is 3. The number of aliphatic imine (C=N–C) groups is 1. The zero-order valence-corrected chi connectivity index (χ0v) is 18.9. The lowest BCUT2D eigenvalue weighted by Crippen LogP contribution is -2.38. The molecule has 0 atom stereocenters. The Labute approximate surface area is 173 Å². The summed E-state index contributed by atoms with van der Waals surface area (Å²) in [6.07, 6.45) is 3.86. The van der Waals surface area contributed by atoms with Crippen molar-refractivity contribution in [1.29, 1.82) is 0 Å². The average molecular weight is 497 g/mol. The van der Waals surface area contributed by atoms with Gasteiger partial charge in [0.2, 0.25) is 0 Å². The van der Waals surface area contributed by atoms with Gasteiger partial charge in [0.1, 0.15) is 4.34 Å². The predicted octanol–water partition coefficient (Wildman–Crippen LogP) is 3.72. The van der Waals surface area contributed by atoms with Crippen molar-refractivity contribution in [2.45, 2.75) is 31.0 Å². The molecule has 9 heteroatoms. The molecule has 0 saturated heterocycles. The Morgan fingerprint density at radius 1 is 1.29 bits per heavy atom. The lowest BCUT2D eigenvalue weighted by molar-refractivity contribution is 0.774. The van der Waals surface area contributed by atoms with E-state index in [0.717, 1.165) is 47.7 Å². The van der Waals surface area contributed by atoms with E-state index >= 15 is 0 Å². The highest BCUT2D eigenvalue weighted by Crippen LogP contribution is 2.20. The van der Waals surface area contributed by atoms with Crippen LogP contribution in [0, 0.1) is 13.8 Å². The van der Waals surface area contributed by atoms with Crippen molar-refractivity contribution < 1.29 is 0 Å². The van der Waals surface area contributed by atoms with Gasteiger partial charge in [-0.2, -0.15) is 0 Å². The molecule has 0 radical (unpaired) electrons. The van der Waals surface area contributed by atoms with Gasteiger partial charge in [-0.05, 0) is 20.3 Å². The Bertz CT molecular complexity index is 593. The number of thioether (sulfide) groups is 1. The molecule has 0 saturated carbocycles. The molecule has 2 N–H and O–H groups in total. The van der Waals surface area contributed by atoms with E-state index in [0.29, 0.717) is 0 Å². The monoisotopic (exact) mass is 497 g/mol. The van der Waals surface area contributed by atoms with Crippen LogP contribution in [0.2, 0.25) is 0 Å². The normalized spacial score (nSPS) is 11.2. The molecule has 2 rings (SSSR count). The summed E-state index contributed by atoms with van der Waals surface area (Å²) in [7, 11) is 1.80. The first-order chi connectivity index (χ1) is 11.2. The van der Waals surface area contributed by atoms with E-state index in [9.17, 15) is 0 Å². The van der Waals surface area contributed by atoms with E-state index in [4.69, 9.17) is 0 Å². The molecule has 5 nitrogen and oxygen atoms in total. The van der Waals surface area contributed by atoms with Crippen LogP contribution in [0.4, 0.5) is 0 Å². The average Bonchev–Trinajstić information content (AvgIpc) is 3.16. The van der Waals surface area contributed by atoms with Crippen LogP contribution < -0.4 is 10.6 Å². The van der Waals surface area contributed by atoms with Crippen LogP contribution in [0.1, 0.15) is 22.0 Å². The third-order valence-electron chi connectivity index (χ3n) is 3.18. The fourth-order valence-corrected chi connectivity index (χ4v) is 4.46. The predicted molar refractivity (Wildman–Crippen MR) is 118 cm³/mol. The highest BCUT2D eigenvalue weighted by molar-refractivity contribution is 14.0.